The summed E-state index contributed by atoms with van der Waals surface area (Å²) in [4.78, 5) is 20.6. The standard InChI is InChI=1S/C36H44FN5O4/c1-36(2,3)46-35(44)42-19-16-27(30(37)22-42)21-41-17-14-25(15-18-41)26-10-11-28-31(20-26)40(4)39-33(28)29-12-13-32(38-34(29)43)45-23-24-8-6-5-7-9-24/h5-13,20,25,27,30H,14-19,21-23H2,1-4H3,(H,38,43). The van der Waals surface area contributed by atoms with Crippen molar-refractivity contribution in [3.05, 3.63) is 71.8 Å². The van der Waals surface area contributed by atoms with Crippen LogP contribution in [-0.2, 0) is 18.4 Å². The van der Waals surface area contributed by atoms with Crippen molar-refractivity contribution in [1.29, 1.82) is 0 Å². The topological polar surface area (TPSA) is 93.0 Å². The number of pyridine rings is 1. The fourth-order valence-electron chi connectivity index (χ4n) is 6.59. The number of rotatable bonds is 7. The van der Waals surface area contributed by atoms with Gasteiger partial charge in [-0.05, 0) is 82.3 Å². The van der Waals surface area contributed by atoms with Gasteiger partial charge in [0.2, 0.25) is 11.8 Å². The highest BCUT2D eigenvalue weighted by molar-refractivity contribution is 5.94. The van der Waals surface area contributed by atoms with Crippen molar-refractivity contribution >= 4 is 17.0 Å². The molecule has 0 spiro atoms. The summed E-state index contributed by atoms with van der Waals surface area (Å²) in [6.45, 7) is 9.02. The average molecular weight is 630 g/mol. The highest BCUT2D eigenvalue weighted by Gasteiger charge is 2.35. The molecule has 2 unspecified atom stereocenters. The van der Waals surface area contributed by atoms with Crippen LogP contribution in [0.25, 0.3) is 22.2 Å². The van der Waals surface area contributed by atoms with Crippen molar-refractivity contribution in [3.8, 4) is 23.0 Å². The fourth-order valence-corrected chi connectivity index (χ4v) is 6.59. The lowest BCUT2D eigenvalue weighted by Gasteiger charge is -2.39. The van der Waals surface area contributed by atoms with Crippen LogP contribution in [-0.4, -0.2) is 80.3 Å². The number of nitrogens with zero attached hydrogens (tertiary/aromatic N) is 5. The van der Waals surface area contributed by atoms with Gasteiger partial charge in [-0.3, -0.25) is 4.68 Å². The van der Waals surface area contributed by atoms with Gasteiger partial charge in [0.1, 0.15) is 24.1 Å². The van der Waals surface area contributed by atoms with Gasteiger partial charge in [-0.1, -0.05) is 42.5 Å². The van der Waals surface area contributed by atoms with E-state index >= 15 is 4.39 Å². The first-order chi connectivity index (χ1) is 22.0. The fraction of sp³-hybridized carbons (Fsp3) is 0.472. The second-order valence-electron chi connectivity index (χ2n) is 13.6. The van der Waals surface area contributed by atoms with E-state index in [-0.39, 0.29) is 18.3 Å². The van der Waals surface area contributed by atoms with E-state index in [4.69, 9.17) is 14.6 Å². The molecular formula is C36H44FN5O4. The normalized spacial score (nSPS) is 19.8. The Morgan fingerprint density at radius 3 is 2.48 bits per heavy atom. The molecule has 0 saturated carbocycles. The number of aryl methyl sites for hydroxylation is 1. The lowest BCUT2D eigenvalue weighted by Crippen LogP contribution is -2.50. The van der Waals surface area contributed by atoms with Crippen molar-refractivity contribution < 1.29 is 23.8 Å². The third-order valence-corrected chi connectivity index (χ3v) is 9.09. The van der Waals surface area contributed by atoms with Crippen molar-refractivity contribution in [3.63, 3.8) is 0 Å². The van der Waals surface area contributed by atoms with Crippen LogP contribution in [0.4, 0.5) is 9.18 Å². The highest BCUT2D eigenvalue weighted by Crippen LogP contribution is 2.37. The van der Waals surface area contributed by atoms with E-state index in [1.165, 1.54) is 10.5 Å². The third kappa shape index (κ3) is 7.28. The maximum Gasteiger partial charge on any atom is 0.410 e. The summed E-state index contributed by atoms with van der Waals surface area (Å²) in [7, 11) is 1.92. The predicted molar refractivity (Wildman–Crippen MR) is 176 cm³/mol. The molecule has 0 aliphatic carbocycles. The molecule has 1 N–H and O–H groups in total. The monoisotopic (exact) mass is 629 g/mol. The number of piperidine rings is 2. The first-order valence-electron chi connectivity index (χ1n) is 16.2. The number of amides is 1. The first-order valence-corrected chi connectivity index (χ1v) is 16.2. The minimum absolute atomic E-state index is 0.0742. The van der Waals surface area contributed by atoms with E-state index in [1.54, 1.807) is 12.1 Å². The van der Waals surface area contributed by atoms with Gasteiger partial charge < -0.3 is 24.4 Å². The van der Waals surface area contributed by atoms with Crippen molar-refractivity contribution in [1.82, 2.24) is 24.6 Å². The number of likely N-dealkylation sites (tertiary alicyclic amines) is 2. The van der Waals surface area contributed by atoms with E-state index in [0.29, 0.717) is 49.2 Å². The quantitative estimate of drug-likeness (QED) is 0.243. The molecule has 46 heavy (non-hydrogen) atoms. The zero-order chi connectivity index (χ0) is 32.4. The number of alkyl halides is 1. The van der Waals surface area contributed by atoms with Crippen LogP contribution in [0.5, 0.6) is 11.8 Å². The van der Waals surface area contributed by atoms with Crippen LogP contribution in [0.15, 0.2) is 60.7 Å². The number of benzene rings is 2. The van der Waals surface area contributed by atoms with Gasteiger partial charge in [0, 0.05) is 37.5 Å². The molecule has 2 aliphatic rings. The number of ether oxygens (including phenoxy) is 2. The van der Waals surface area contributed by atoms with Crippen molar-refractivity contribution in [2.75, 3.05) is 32.7 Å². The predicted octanol–water partition coefficient (Wildman–Crippen LogP) is 6.69. The number of hydrogen-bond donors (Lipinski definition) is 1. The minimum atomic E-state index is -1.05. The lowest BCUT2D eigenvalue weighted by molar-refractivity contribution is 0.000721. The number of carbonyl (C=O) groups is 1. The number of halogens is 1. The number of fused-ring (bicyclic) bond motifs is 1. The summed E-state index contributed by atoms with van der Waals surface area (Å²) in [6.07, 6.45) is 1.17. The van der Waals surface area contributed by atoms with E-state index in [1.807, 2.05) is 62.8 Å². The molecule has 2 aromatic carbocycles. The molecule has 9 nitrogen and oxygen atoms in total. The smallest absolute Gasteiger partial charge is 0.410 e. The third-order valence-electron chi connectivity index (χ3n) is 9.09. The molecule has 6 rings (SSSR count). The Bertz CT molecular complexity index is 1660. The van der Waals surface area contributed by atoms with Gasteiger partial charge in [-0.2, -0.15) is 10.1 Å². The van der Waals surface area contributed by atoms with Gasteiger partial charge in [-0.25, -0.2) is 9.18 Å². The van der Waals surface area contributed by atoms with Crippen LogP contribution in [0.2, 0.25) is 0 Å². The Morgan fingerprint density at radius 1 is 1.02 bits per heavy atom. The first kappa shape index (κ1) is 31.8. The zero-order valence-corrected chi connectivity index (χ0v) is 27.2. The van der Waals surface area contributed by atoms with Gasteiger partial charge in [0.05, 0.1) is 17.6 Å². The van der Waals surface area contributed by atoms with Crippen LogP contribution in [0, 0.1) is 5.92 Å². The molecular weight excluding hydrogens is 585 g/mol. The highest BCUT2D eigenvalue weighted by atomic mass is 19.1. The molecule has 4 heterocycles. The Kier molecular flexibility index (Phi) is 9.18. The van der Waals surface area contributed by atoms with Gasteiger partial charge in [-0.15, -0.1) is 0 Å². The molecule has 4 aromatic rings. The van der Waals surface area contributed by atoms with Gasteiger partial charge in [0.25, 0.3) is 0 Å². The molecule has 2 atom stereocenters. The second kappa shape index (κ2) is 13.3. The molecule has 2 aliphatic heterocycles. The zero-order valence-electron chi connectivity index (χ0n) is 27.2. The second-order valence-corrected chi connectivity index (χ2v) is 13.6. The van der Waals surface area contributed by atoms with Crippen LogP contribution < -0.4 is 4.74 Å². The van der Waals surface area contributed by atoms with E-state index in [2.05, 4.69) is 28.1 Å². The van der Waals surface area contributed by atoms with E-state index in [0.717, 1.165) is 42.4 Å². The number of carbonyl (C=O) groups excluding carboxylic acids is 1. The molecule has 1 amide bonds. The number of hydrogen-bond acceptors (Lipinski definition) is 7. The van der Waals surface area contributed by atoms with Crippen molar-refractivity contribution in [2.45, 2.75) is 64.3 Å². The summed E-state index contributed by atoms with van der Waals surface area (Å²) in [5, 5.41) is 16.5. The van der Waals surface area contributed by atoms with Crippen LogP contribution >= 0.6 is 0 Å². The molecule has 0 radical (unpaired) electrons. The summed E-state index contributed by atoms with van der Waals surface area (Å²) < 4.78 is 28.2. The Morgan fingerprint density at radius 2 is 1.78 bits per heavy atom. The van der Waals surface area contributed by atoms with E-state index < -0.39 is 17.9 Å². The Hall–Kier alpha value is -4.18. The van der Waals surface area contributed by atoms with Crippen molar-refractivity contribution in [2.24, 2.45) is 13.0 Å². The summed E-state index contributed by atoms with van der Waals surface area (Å²) >= 11 is 0. The molecule has 2 fully saturated rings. The molecule has 10 heteroatoms. The minimum Gasteiger partial charge on any atom is -0.493 e. The summed E-state index contributed by atoms with van der Waals surface area (Å²) in [6, 6.07) is 19.9. The maximum atomic E-state index is 15.1. The Labute approximate surface area is 269 Å². The molecule has 2 aromatic heterocycles. The molecule has 244 valence electrons. The maximum absolute atomic E-state index is 15.1. The SMILES string of the molecule is Cn1nc(-c2ccc(OCc3ccccc3)nc2O)c2ccc(C3CCN(CC4CCN(C(=O)OC(C)(C)C)CC4F)CC3)cc21. The lowest BCUT2D eigenvalue weighted by atomic mass is 9.87. The average Bonchev–Trinajstić information content (AvgIpc) is 3.36. The van der Waals surface area contributed by atoms with Crippen LogP contribution in [0.1, 0.15) is 57.1 Å². The van der Waals surface area contributed by atoms with E-state index in [9.17, 15) is 9.90 Å². The summed E-state index contributed by atoms with van der Waals surface area (Å²) in [5.41, 5.74) is 3.94. The number of aromatic nitrogens is 3. The van der Waals surface area contributed by atoms with Crippen LogP contribution in [0.3, 0.4) is 0 Å². The molecule has 0 bridgehead atoms. The Balaban J connectivity index is 1.05. The largest absolute Gasteiger partial charge is 0.493 e. The number of aromatic hydroxyl groups is 1. The molecule has 2 saturated heterocycles. The van der Waals surface area contributed by atoms with Gasteiger partial charge in [0.15, 0.2) is 0 Å². The van der Waals surface area contributed by atoms with Gasteiger partial charge >= 0.3 is 6.09 Å². The summed E-state index contributed by atoms with van der Waals surface area (Å²) in [5.74, 6) is 0.570.